The zero-order chi connectivity index (χ0) is 24.1. The normalized spacial score (nSPS) is 33.1. The van der Waals surface area contributed by atoms with Crippen LogP contribution in [-0.4, -0.2) is 40.4 Å². The van der Waals surface area contributed by atoms with Crippen molar-refractivity contribution in [1.29, 1.82) is 0 Å². The number of nitrogens with zero attached hydrogens (tertiary/aromatic N) is 2. The van der Waals surface area contributed by atoms with Gasteiger partial charge in [0.05, 0.1) is 18.0 Å². The van der Waals surface area contributed by atoms with E-state index in [9.17, 15) is 9.59 Å². The van der Waals surface area contributed by atoms with Crippen LogP contribution in [0.3, 0.4) is 0 Å². The van der Waals surface area contributed by atoms with Crippen molar-refractivity contribution in [2.24, 2.45) is 22.6 Å². The van der Waals surface area contributed by atoms with Crippen molar-refractivity contribution in [3.8, 4) is 5.75 Å². The lowest BCUT2D eigenvalue weighted by Gasteiger charge is -2.42. The predicted octanol–water partition coefficient (Wildman–Crippen LogP) is 3.85. The summed E-state index contributed by atoms with van der Waals surface area (Å²) in [4.78, 5) is 32.7. The van der Waals surface area contributed by atoms with Crippen LogP contribution in [-0.2, 0) is 16.0 Å². The number of nitrogens with two attached hydrogens (primary N) is 1. The summed E-state index contributed by atoms with van der Waals surface area (Å²) in [6.07, 6.45) is 7.37. The first-order valence-electron chi connectivity index (χ1n) is 12.9. The Kier molecular flexibility index (Phi) is 5.85. The van der Waals surface area contributed by atoms with Crippen LogP contribution >= 0.6 is 0 Å². The second kappa shape index (κ2) is 8.58. The van der Waals surface area contributed by atoms with E-state index >= 15 is 0 Å². The van der Waals surface area contributed by atoms with Crippen LogP contribution < -0.4 is 15.8 Å². The number of carbonyl (C=O) groups excluding carboxylic acids is 2. The summed E-state index contributed by atoms with van der Waals surface area (Å²) in [5.74, 6) is 1.68. The van der Waals surface area contributed by atoms with Crippen LogP contribution in [0, 0.1) is 11.8 Å². The molecule has 7 rings (SSSR count). The molecule has 184 valence electrons. The van der Waals surface area contributed by atoms with Crippen LogP contribution in [0.15, 0.2) is 23.2 Å². The molecule has 7 nitrogen and oxygen atoms in total. The lowest BCUT2D eigenvalue weighted by Crippen LogP contribution is -2.54. The van der Waals surface area contributed by atoms with E-state index in [2.05, 4.69) is 44.3 Å². The highest BCUT2D eigenvalue weighted by Gasteiger charge is 2.43. The highest BCUT2D eigenvalue weighted by atomic mass is 16.5. The molecular weight excluding hydrogens is 428 g/mol. The van der Waals surface area contributed by atoms with Crippen molar-refractivity contribution in [2.75, 3.05) is 6.54 Å². The summed E-state index contributed by atoms with van der Waals surface area (Å²) < 4.78 is 6.25. The number of guanidine groups is 1. The average Bonchev–Trinajstić information content (AvgIpc) is 2.74. The maximum absolute atomic E-state index is 13.1. The Labute approximate surface area is 202 Å². The molecule has 1 fully saturated rings. The zero-order valence-corrected chi connectivity index (χ0v) is 20.7. The van der Waals surface area contributed by atoms with Gasteiger partial charge in [0.25, 0.3) is 0 Å². The fourth-order valence-electron chi connectivity index (χ4n) is 6.19. The fraction of sp³-hybridized carbons (Fsp3) is 0.667. The van der Waals surface area contributed by atoms with Crippen molar-refractivity contribution < 1.29 is 14.3 Å². The number of carbonyl (C=O) groups is 2. The minimum Gasteiger partial charge on any atom is -0.487 e. The summed E-state index contributed by atoms with van der Waals surface area (Å²) in [7, 11) is 0. The number of benzene rings is 1. The maximum atomic E-state index is 13.1. The van der Waals surface area contributed by atoms with Gasteiger partial charge in [0.15, 0.2) is 5.96 Å². The Morgan fingerprint density at radius 2 is 2.03 bits per heavy atom. The molecule has 0 saturated heterocycles. The van der Waals surface area contributed by atoms with E-state index in [1.54, 1.807) is 4.90 Å². The van der Waals surface area contributed by atoms with Gasteiger partial charge >= 0.3 is 0 Å². The third-order valence-electron chi connectivity index (χ3n) is 8.32. The summed E-state index contributed by atoms with van der Waals surface area (Å²) in [5, 5.41) is 3.33. The van der Waals surface area contributed by atoms with Crippen molar-refractivity contribution in [3.05, 3.63) is 29.3 Å². The quantitative estimate of drug-likeness (QED) is 0.657. The molecule has 1 aromatic carbocycles. The van der Waals surface area contributed by atoms with Crippen molar-refractivity contribution in [1.82, 2.24) is 10.2 Å². The number of rotatable bonds is 1. The molecule has 1 aliphatic carbocycles. The third kappa shape index (κ3) is 4.41. The second-order valence-corrected chi connectivity index (χ2v) is 11.5. The van der Waals surface area contributed by atoms with Gasteiger partial charge in [-0.2, -0.15) is 0 Å². The molecule has 7 heteroatoms. The van der Waals surface area contributed by atoms with Crippen LogP contribution in [0.2, 0.25) is 0 Å². The number of amides is 2. The maximum Gasteiger partial charge on any atom is 0.231 e. The van der Waals surface area contributed by atoms with Gasteiger partial charge in [-0.1, -0.05) is 25.5 Å². The first-order chi connectivity index (χ1) is 16.2. The van der Waals surface area contributed by atoms with Gasteiger partial charge in [-0.25, -0.2) is 4.99 Å². The fourth-order valence-corrected chi connectivity index (χ4v) is 6.19. The van der Waals surface area contributed by atoms with Gasteiger partial charge < -0.3 is 15.8 Å². The molecular formula is C27H38N4O3. The van der Waals surface area contributed by atoms with Crippen LogP contribution in [0.1, 0.15) is 89.3 Å². The largest absolute Gasteiger partial charge is 0.487 e. The molecule has 5 aliphatic heterocycles. The first-order valence-corrected chi connectivity index (χ1v) is 12.9. The molecule has 6 aliphatic rings. The van der Waals surface area contributed by atoms with Gasteiger partial charge in [-0.05, 0) is 69.9 Å². The van der Waals surface area contributed by atoms with Gasteiger partial charge in [0.2, 0.25) is 11.8 Å². The van der Waals surface area contributed by atoms with E-state index in [1.807, 2.05) is 0 Å². The number of aliphatic imine (C=N–C) groups is 1. The third-order valence-corrected chi connectivity index (χ3v) is 8.32. The Bertz CT molecular complexity index is 1010. The number of nitrogens with one attached hydrogen (secondary N) is 1. The number of ether oxygens (including phenoxy) is 1. The Balaban J connectivity index is 1.42. The molecule has 2 amide bonds. The monoisotopic (exact) mass is 466 g/mol. The second-order valence-electron chi connectivity index (χ2n) is 11.5. The van der Waals surface area contributed by atoms with Crippen molar-refractivity contribution >= 4 is 17.8 Å². The van der Waals surface area contributed by atoms with E-state index in [4.69, 9.17) is 15.5 Å². The molecule has 1 saturated carbocycles. The standard InChI is InChI=1S/C27H38N4O3/c1-4-27-10-6-5-7-17-8-9-22-20(13-17)21(14-26(2,3)34-22)29-24(33)19-11-18(12-19)16-31(23(32)15-27)25(28)30-27/h8-9,13,18-19,21H,4-7,10-12,14-16H2,1-3H3,(H2,28,30)(H,29,33)/t18?,19?,21-,27+/m0/s1. The molecule has 5 heterocycles. The van der Waals surface area contributed by atoms with Crippen molar-refractivity contribution in [3.63, 3.8) is 0 Å². The highest BCUT2D eigenvalue weighted by molar-refractivity contribution is 5.99. The van der Waals surface area contributed by atoms with E-state index in [1.165, 1.54) is 5.56 Å². The molecule has 6 bridgehead atoms. The molecule has 0 unspecified atom stereocenters. The minimum absolute atomic E-state index is 0.0192. The summed E-state index contributed by atoms with van der Waals surface area (Å²) in [6.45, 7) is 6.83. The van der Waals surface area contributed by atoms with Gasteiger partial charge in [0.1, 0.15) is 11.4 Å². The first kappa shape index (κ1) is 23.2. The molecule has 2 atom stereocenters. The number of hydrogen-bond acceptors (Lipinski definition) is 5. The van der Waals surface area contributed by atoms with E-state index in [0.717, 1.165) is 62.7 Å². The van der Waals surface area contributed by atoms with E-state index in [0.29, 0.717) is 18.9 Å². The summed E-state index contributed by atoms with van der Waals surface area (Å²) in [5.41, 5.74) is 7.96. The van der Waals surface area contributed by atoms with Crippen LogP contribution in [0.5, 0.6) is 5.75 Å². The van der Waals surface area contributed by atoms with Gasteiger partial charge in [-0.15, -0.1) is 0 Å². The van der Waals surface area contributed by atoms with Crippen LogP contribution in [0.4, 0.5) is 0 Å². The van der Waals surface area contributed by atoms with Gasteiger partial charge in [-0.3, -0.25) is 14.5 Å². The topological polar surface area (TPSA) is 97.0 Å². The highest BCUT2D eigenvalue weighted by Crippen LogP contribution is 2.42. The lowest BCUT2D eigenvalue weighted by molar-refractivity contribution is -0.132. The van der Waals surface area contributed by atoms with Crippen molar-refractivity contribution in [2.45, 2.75) is 95.7 Å². The summed E-state index contributed by atoms with van der Waals surface area (Å²) >= 11 is 0. The Morgan fingerprint density at radius 1 is 1.24 bits per heavy atom. The van der Waals surface area contributed by atoms with Gasteiger partial charge in [0, 0.05) is 24.4 Å². The lowest BCUT2D eigenvalue weighted by atomic mass is 9.73. The van der Waals surface area contributed by atoms with E-state index in [-0.39, 0.29) is 40.8 Å². The Hall–Kier alpha value is -2.57. The molecule has 3 N–H and O–H groups in total. The predicted molar refractivity (Wildman–Crippen MR) is 131 cm³/mol. The minimum atomic E-state index is -0.383. The zero-order valence-electron chi connectivity index (χ0n) is 20.7. The number of hydrogen-bond donors (Lipinski definition) is 2. The average molecular weight is 467 g/mol. The molecule has 0 spiro atoms. The molecule has 1 aromatic rings. The molecule has 0 aromatic heterocycles. The molecule has 34 heavy (non-hydrogen) atoms. The number of aryl methyl sites for hydroxylation is 1. The smallest absolute Gasteiger partial charge is 0.231 e. The summed E-state index contributed by atoms with van der Waals surface area (Å²) in [6, 6.07) is 6.38. The Morgan fingerprint density at radius 3 is 2.76 bits per heavy atom. The van der Waals surface area contributed by atoms with E-state index < -0.39 is 0 Å². The van der Waals surface area contributed by atoms with Crippen LogP contribution in [0.25, 0.3) is 0 Å². The molecule has 0 radical (unpaired) electrons. The SMILES string of the molecule is CC[C@@]12CCCCc3ccc4c(c3)[C@H](CC(C)(C)O4)NC(=O)C3CC(C3)CN(C(=O)C1)C(N)=N2.